The monoisotopic (exact) mass is 248 g/mol. The van der Waals surface area contributed by atoms with Gasteiger partial charge in [0.25, 0.3) is 0 Å². The highest BCUT2D eigenvalue weighted by Gasteiger charge is 2.13. The Labute approximate surface area is 105 Å². The van der Waals surface area contributed by atoms with Crippen LogP contribution >= 0.6 is 0 Å². The first kappa shape index (κ1) is 12.6. The molecule has 96 valence electrons. The number of aliphatic hydroxyl groups is 1. The minimum absolute atomic E-state index is 0.152. The van der Waals surface area contributed by atoms with Crippen LogP contribution in [-0.4, -0.2) is 30.9 Å². The van der Waals surface area contributed by atoms with Crippen LogP contribution < -0.4 is 15.2 Å². The Kier molecular flexibility index (Phi) is 3.64. The van der Waals surface area contributed by atoms with Gasteiger partial charge in [0.2, 0.25) is 0 Å². The van der Waals surface area contributed by atoms with Crippen LogP contribution in [0.4, 0.5) is 0 Å². The number of aromatic nitrogens is 1. The molecule has 0 spiro atoms. The van der Waals surface area contributed by atoms with Crippen LogP contribution in [0.25, 0.3) is 10.8 Å². The van der Waals surface area contributed by atoms with Crippen molar-refractivity contribution >= 4 is 10.8 Å². The zero-order chi connectivity index (χ0) is 13.1. The predicted molar refractivity (Wildman–Crippen MR) is 68.9 cm³/mol. The summed E-state index contributed by atoms with van der Waals surface area (Å²) in [5, 5.41) is 11.0. The second-order valence-corrected chi connectivity index (χ2v) is 3.91. The zero-order valence-electron chi connectivity index (χ0n) is 10.4. The number of methoxy groups -OCH3 is 2. The van der Waals surface area contributed by atoms with Crippen LogP contribution in [0.2, 0.25) is 0 Å². The molecule has 2 aromatic rings. The van der Waals surface area contributed by atoms with Gasteiger partial charge < -0.3 is 20.3 Å². The summed E-state index contributed by atoms with van der Waals surface area (Å²) in [7, 11) is 3.16. The summed E-state index contributed by atoms with van der Waals surface area (Å²) in [6.07, 6.45) is 1.67. The van der Waals surface area contributed by atoms with Gasteiger partial charge in [0.15, 0.2) is 11.5 Å². The molecule has 3 N–H and O–H groups in total. The van der Waals surface area contributed by atoms with E-state index in [1.165, 1.54) is 0 Å². The van der Waals surface area contributed by atoms with E-state index in [0.29, 0.717) is 17.2 Å². The van der Waals surface area contributed by atoms with Crippen molar-refractivity contribution in [3.63, 3.8) is 0 Å². The topological polar surface area (TPSA) is 77.6 Å². The molecule has 0 fully saturated rings. The first-order chi connectivity index (χ1) is 8.71. The second-order valence-electron chi connectivity index (χ2n) is 3.91. The number of ether oxygens (including phenoxy) is 2. The highest BCUT2D eigenvalue weighted by atomic mass is 16.5. The van der Waals surface area contributed by atoms with Crippen LogP contribution in [-0.2, 0) is 0 Å². The molecule has 2 rings (SSSR count). The molecule has 1 atom stereocenters. The van der Waals surface area contributed by atoms with Gasteiger partial charge in [0.1, 0.15) is 0 Å². The quantitative estimate of drug-likeness (QED) is 0.851. The molecule has 0 aliphatic carbocycles. The van der Waals surface area contributed by atoms with E-state index in [1.807, 2.05) is 18.2 Å². The van der Waals surface area contributed by atoms with Crippen molar-refractivity contribution in [1.82, 2.24) is 4.98 Å². The minimum Gasteiger partial charge on any atom is -0.493 e. The van der Waals surface area contributed by atoms with Crippen molar-refractivity contribution in [3.05, 3.63) is 30.1 Å². The Balaban J connectivity index is 2.68. The lowest BCUT2D eigenvalue weighted by molar-refractivity contribution is 0.266. The lowest BCUT2D eigenvalue weighted by Gasteiger charge is -2.14. The average Bonchev–Trinajstić information content (AvgIpc) is 2.44. The predicted octanol–water partition coefficient (Wildman–Crippen LogP) is 1.24. The highest BCUT2D eigenvalue weighted by molar-refractivity contribution is 5.88. The molecule has 1 aromatic carbocycles. The molecule has 18 heavy (non-hydrogen) atoms. The SMILES string of the molecule is COc1cc2ccnc(C(N)CO)c2cc1OC. The molecular weight excluding hydrogens is 232 g/mol. The van der Waals surface area contributed by atoms with E-state index in [1.54, 1.807) is 20.4 Å². The van der Waals surface area contributed by atoms with E-state index in [4.69, 9.17) is 20.3 Å². The molecule has 0 bridgehead atoms. The fourth-order valence-electron chi connectivity index (χ4n) is 1.90. The largest absolute Gasteiger partial charge is 0.493 e. The van der Waals surface area contributed by atoms with Gasteiger partial charge in [-0.25, -0.2) is 0 Å². The van der Waals surface area contributed by atoms with E-state index in [9.17, 15) is 0 Å². The van der Waals surface area contributed by atoms with Crippen LogP contribution in [0.5, 0.6) is 11.5 Å². The molecule has 1 aromatic heterocycles. The molecule has 0 amide bonds. The molecule has 1 heterocycles. The summed E-state index contributed by atoms with van der Waals surface area (Å²) in [4.78, 5) is 4.23. The number of hydrogen-bond donors (Lipinski definition) is 2. The third-order valence-electron chi connectivity index (χ3n) is 2.85. The normalized spacial score (nSPS) is 12.4. The maximum absolute atomic E-state index is 9.15. The standard InChI is InChI=1S/C13H16N2O3/c1-17-11-5-8-3-4-15-13(10(14)7-16)9(8)6-12(11)18-2/h3-6,10,16H,7,14H2,1-2H3. The molecule has 0 saturated heterocycles. The molecular formula is C13H16N2O3. The molecule has 1 unspecified atom stereocenters. The summed E-state index contributed by atoms with van der Waals surface area (Å²) >= 11 is 0. The minimum atomic E-state index is -0.508. The van der Waals surface area contributed by atoms with Gasteiger partial charge in [-0.3, -0.25) is 4.98 Å². The van der Waals surface area contributed by atoms with Crippen LogP contribution in [0.3, 0.4) is 0 Å². The van der Waals surface area contributed by atoms with Crippen molar-refractivity contribution in [1.29, 1.82) is 0 Å². The zero-order valence-corrected chi connectivity index (χ0v) is 10.4. The number of rotatable bonds is 4. The van der Waals surface area contributed by atoms with Crippen LogP contribution in [0.15, 0.2) is 24.4 Å². The maximum atomic E-state index is 9.15. The molecule has 0 aliphatic heterocycles. The molecule has 0 aliphatic rings. The smallest absolute Gasteiger partial charge is 0.161 e. The van der Waals surface area contributed by atoms with E-state index >= 15 is 0 Å². The highest BCUT2D eigenvalue weighted by Crippen LogP contribution is 2.33. The molecule has 5 heteroatoms. The van der Waals surface area contributed by atoms with E-state index < -0.39 is 6.04 Å². The number of nitrogens with two attached hydrogens (primary N) is 1. The number of nitrogens with zero attached hydrogens (tertiary/aromatic N) is 1. The Morgan fingerprint density at radius 1 is 1.28 bits per heavy atom. The Bertz CT molecular complexity index is 557. The van der Waals surface area contributed by atoms with Gasteiger partial charge in [-0.05, 0) is 23.6 Å². The van der Waals surface area contributed by atoms with Crippen molar-refractivity contribution < 1.29 is 14.6 Å². The van der Waals surface area contributed by atoms with Crippen molar-refractivity contribution in [2.45, 2.75) is 6.04 Å². The van der Waals surface area contributed by atoms with Crippen molar-refractivity contribution in [2.75, 3.05) is 20.8 Å². The summed E-state index contributed by atoms with van der Waals surface area (Å²) < 4.78 is 10.5. The van der Waals surface area contributed by atoms with E-state index in [2.05, 4.69) is 4.98 Å². The first-order valence-electron chi connectivity index (χ1n) is 5.58. The van der Waals surface area contributed by atoms with Crippen LogP contribution in [0, 0.1) is 0 Å². The maximum Gasteiger partial charge on any atom is 0.161 e. The second kappa shape index (κ2) is 5.20. The fraction of sp³-hybridized carbons (Fsp3) is 0.308. The van der Waals surface area contributed by atoms with Crippen LogP contribution in [0.1, 0.15) is 11.7 Å². The average molecular weight is 248 g/mol. The molecule has 0 saturated carbocycles. The van der Waals surface area contributed by atoms with Gasteiger partial charge in [-0.15, -0.1) is 0 Å². The third kappa shape index (κ3) is 2.10. The van der Waals surface area contributed by atoms with Gasteiger partial charge in [0, 0.05) is 11.6 Å². The number of pyridine rings is 1. The number of hydrogen-bond acceptors (Lipinski definition) is 5. The lowest BCUT2D eigenvalue weighted by Crippen LogP contribution is -2.16. The summed E-state index contributed by atoms with van der Waals surface area (Å²) in [6.45, 7) is -0.152. The molecule has 5 nitrogen and oxygen atoms in total. The first-order valence-corrected chi connectivity index (χ1v) is 5.58. The number of benzene rings is 1. The summed E-state index contributed by atoms with van der Waals surface area (Å²) in [5.74, 6) is 1.27. The fourth-order valence-corrected chi connectivity index (χ4v) is 1.90. The van der Waals surface area contributed by atoms with Crippen molar-refractivity contribution in [3.8, 4) is 11.5 Å². The Morgan fingerprint density at radius 2 is 1.94 bits per heavy atom. The molecule has 0 radical (unpaired) electrons. The number of fused-ring (bicyclic) bond motifs is 1. The van der Waals surface area contributed by atoms with E-state index in [-0.39, 0.29) is 6.61 Å². The summed E-state index contributed by atoms with van der Waals surface area (Å²) in [5.41, 5.74) is 6.49. The van der Waals surface area contributed by atoms with Gasteiger partial charge in [0.05, 0.1) is 32.6 Å². The van der Waals surface area contributed by atoms with Gasteiger partial charge in [-0.1, -0.05) is 0 Å². The van der Waals surface area contributed by atoms with E-state index in [0.717, 1.165) is 10.8 Å². The Hall–Kier alpha value is -1.85. The number of aliphatic hydroxyl groups excluding tert-OH is 1. The third-order valence-corrected chi connectivity index (χ3v) is 2.85. The Morgan fingerprint density at radius 3 is 2.56 bits per heavy atom. The summed E-state index contributed by atoms with van der Waals surface area (Å²) in [6, 6.07) is 5.05. The van der Waals surface area contributed by atoms with Gasteiger partial charge >= 0.3 is 0 Å². The lowest BCUT2D eigenvalue weighted by atomic mass is 10.0. The van der Waals surface area contributed by atoms with Crippen molar-refractivity contribution in [2.24, 2.45) is 5.73 Å². The van der Waals surface area contributed by atoms with Gasteiger partial charge in [-0.2, -0.15) is 0 Å².